The Bertz CT molecular complexity index is 69.7. The summed E-state index contributed by atoms with van der Waals surface area (Å²) in [6.45, 7) is 5.87. The van der Waals surface area contributed by atoms with Crippen molar-refractivity contribution in [2.75, 3.05) is 13.2 Å². The molecule has 0 aromatic carbocycles. The molecule has 0 aliphatic carbocycles. The highest BCUT2D eigenvalue weighted by atomic mass is 35.5. The molecule has 0 unspecified atom stereocenters. The van der Waals surface area contributed by atoms with Crippen molar-refractivity contribution in [3.8, 4) is 0 Å². The van der Waals surface area contributed by atoms with Crippen LogP contribution in [0.15, 0.2) is 0 Å². The van der Waals surface area contributed by atoms with Gasteiger partial charge in [0.15, 0.2) is 0 Å². The second kappa shape index (κ2) is 18.9. The molecule has 0 saturated carbocycles. The molecule has 0 aliphatic rings. The third-order valence-corrected chi connectivity index (χ3v) is 1.75. The average Bonchev–Trinajstić information content (AvgIpc) is 2.25. The third kappa shape index (κ3) is 18.1. The lowest BCUT2D eigenvalue weighted by atomic mass is 10.3. The van der Waals surface area contributed by atoms with E-state index in [0.717, 1.165) is 26.1 Å². The largest absolute Gasteiger partial charge is 0.237 e. The molecule has 0 bridgehead atoms. The Labute approximate surface area is 93.9 Å². The summed E-state index contributed by atoms with van der Waals surface area (Å²) in [6, 6.07) is 0. The maximum absolute atomic E-state index is 5.22. The highest BCUT2D eigenvalue weighted by molar-refractivity contribution is 6.19. The van der Waals surface area contributed by atoms with Gasteiger partial charge < -0.3 is 0 Å². The molecule has 0 saturated heterocycles. The highest BCUT2D eigenvalue weighted by Crippen LogP contribution is 1.97. The van der Waals surface area contributed by atoms with E-state index < -0.39 is 0 Å². The van der Waals surface area contributed by atoms with Gasteiger partial charge >= 0.3 is 0 Å². The van der Waals surface area contributed by atoms with Crippen LogP contribution in [0.1, 0.15) is 52.4 Å². The Morgan fingerprint density at radius 1 is 0.786 bits per heavy atom. The zero-order valence-electron chi connectivity index (χ0n) is 9.35. The number of hydrogen-bond acceptors (Lipinski definition) is 2. The monoisotopic (exact) mass is 221 g/mol. The van der Waals surface area contributed by atoms with E-state index >= 15 is 0 Å². The van der Waals surface area contributed by atoms with Crippen LogP contribution in [0.5, 0.6) is 0 Å². The van der Waals surface area contributed by atoms with Crippen molar-refractivity contribution < 1.29 is 9.78 Å². The minimum absolute atomic E-state index is 0.750. The van der Waals surface area contributed by atoms with Crippen LogP contribution in [0.25, 0.3) is 0 Å². The predicted molar refractivity (Wildman–Crippen MR) is 60.1 cm³/mol. The quantitative estimate of drug-likeness (QED) is 0.332. The molecule has 0 fully saturated rings. The Morgan fingerprint density at radius 3 is 1.43 bits per heavy atom. The van der Waals surface area contributed by atoms with Crippen molar-refractivity contribution in [3.63, 3.8) is 0 Å². The molecular weight excluding hydrogens is 200 g/mol. The molecule has 0 aliphatic heterocycles. The number of rotatable bonds is 9. The van der Waals surface area contributed by atoms with Gasteiger partial charge in [0.1, 0.15) is 6.38 Å². The molecule has 0 heterocycles. The van der Waals surface area contributed by atoms with Crippen molar-refractivity contribution >= 4 is 11.6 Å². The molecule has 14 heavy (non-hydrogen) atoms. The van der Waals surface area contributed by atoms with Crippen molar-refractivity contribution in [2.24, 2.45) is 0 Å². The van der Waals surface area contributed by atoms with Gasteiger partial charge in [-0.3, -0.25) is 0 Å². The van der Waals surface area contributed by atoms with Crippen molar-refractivity contribution in [3.05, 3.63) is 6.38 Å². The van der Waals surface area contributed by atoms with Gasteiger partial charge in [-0.05, 0) is 12.8 Å². The minimum Gasteiger partial charge on any atom is -0.237 e. The summed E-state index contributed by atoms with van der Waals surface area (Å²) in [4.78, 5) is 9.96. The third-order valence-electron chi connectivity index (χ3n) is 1.75. The zero-order chi connectivity index (χ0) is 11.1. The second-order valence-corrected chi connectivity index (χ2v) is 3.06. The highest BCUT2D eigenvalue weighted by Gasteiger charge is 1.89. The van der Waals surface area contributed by atoms with Gasteiger partial charge in [-0.2, -0.15) is 0 Å². The lowest BCUT2D eigenvalue weighted by Gasteiger charge is -2.02. The molecule has 0 aromatic heterocycles. The van der Waals surface area contributed by atoms with Crippen LogP contribution < -0.4 is 0 Å². The fourth-order valence-corrected chi connectivity index (χ4v) is 0.940. The Morgan fingerprint density at radius 2 is 1.14 bits per heavy atom. The standard InChI is InChI=1S/C10H22O2.CCl/c1-3-5-7-9-11-12-10-8-6-4-2;1-2/h3-10H2,1-2H3;. The topological polar surface area (TPSA) is 18.5 Å². The maximum atomic E-state index is 5.22. The van der Waals surface area contributed by atoms with Gasteiger partial charge in [0, 0.05) is 0 Å². The van der Waals surface area contributed by atoms with Crippen LogP contribution in [0, 0.1) is 6.38 Å². The van der Waals surface area contributed by atoms with Crippen molar-refractivity contribution in [1.82, 2.24) is 0 Å². The zero-order valence-corrected chi connectivity index (χ0v) is 10.1. The summed E-state index contributed by atoms with van der Waals surface area (Å²) in [5.41, 5.74) is 0. The first-order valence-corrected chi connectivity index (χ1v) is 5.73. The molecule has 85 valence electrons. The summed E-state index contributed by atoms with van der Waals surface area (Å²) in [5, 5.41) is 0. The maximum Gasteiger partial charge on any atom is 0.113 e. The van der Waals surface area contributed by atoms with Crippen LogP contribution in [-0.2, 0) is 9.78 Å². The Kier molecular flexibility index (Phi) is 22.4. The van der Waals surface area contributed by atoms with E-state index in [1.54, 1.807) is 0 Å². The van der Waals surface area contributed by atoms with E-state index in [9.17, 15) is 0 Å². The molecule has 0 rings (SSSR count). The molecule has 0 N–H and O–H groups in total. The fraction of sp³-hybridized carbons (Fsp3) is 0.909. The molecule has 0 aromatic rings. The minimum atomic E-state index is 0.750. The SMILES string of the molecule is CCCCCOOCCCCC.[C]Cl. The predicted octanol–water partition coefficient (Wildman–Crippen LogP) is 4.09. The molecule has 0 atom stereocenters. The first-order valence-electron chi connectivity index (χ1n) is 5.35. The average molecular weight is 222 g/mol. The van der Waals surface area contributed by atoms with Crippen molar-refractivity contribution in [1.29, 1.82) is 0 Å². The van der Waals surface area contributed by atoms with Crippen LogP contribution in [0.2, 0.25) is 0 Å². The van der Waals surface area contributed by atoms with E-state index in [1.165, 1.54) is 25.7 Å². The number of hydrogen-bond donors (Lipinski definition) is 0. The molecule has 0 amide bonds. The summed E-state index contributed by atoms with van der Waals surface area (Å²) in [5.74, 6) is 0. The van der Waals surface area contributed by atoms with E-state index in [0.29, 0.717) is 0 Å². The van der Waals surface area contributed by atoms with E-state index in [-0.39, 0.29) is 0 Å². The number of unbranched alkanes of at least 4 members (excludes halogenated alkanes) is 4. The first-order chi connectivity index (χ1) is 6.91. The molecule has 3 radical (unpaired) electrons. The smallest absolute Gasteiger partial charge is 0.113 e. The molecular formula is C11H22ClO2. The van der Waals surface area contributed by atoms with Crippen LogP contribution in [0.3, 0.4) is 0 Å². The van der Waals surface area contributed by atoms with Gasteiger partial charge in [0.05, 0.1) is 13.2 Å². The number of halogens is 1. The molecule has 3 heteroatoms. The molecule has 0 spiro atoms. The van der Waals surface area contributed by atoms with Gasteiger partial charge in [-0.15, -0.1) is 11.6 Å². The normalized spacial score (nSPS) is 9.43. The van der Waals surface area contributed by atoms with Gasteiger partial charge in [-0.25, -0.2) is 9.78 Å². The van der Waals surface area contributed by atoms with Crippen LogP contribution >= 0.6 is 11.6 Å². The van der Waals surface area contributed by atoms with E-state index in [2.05, 4.69) is 25.4 Å². The lowest BCUT2D eigenvalue weighted by molar-refractivity contribution is -0.295. The van der Waals surface area contributed by atoms with Crippen LogP contribution in [-0.4, -0.2) is 13.2 Å². The second-order valence-electron chi connectivity index (χ2n) is 3.06. The van der Waals surface area contributed by atoms with Gasteiger partial charge in [-0.1, -0.05) is 39.5 Å². The Hall–Kier alpha value is 0.210. The summed E-state index contributed by atoms with van der Waals surface area (Å²) >= 11 is 3.89. The molecule has 2 nitrogen and oxygen atoms in total. The summed E-state index contributed by atoms with van der Waals surface area (Å²) in [7, 11) is 0. The van der Waals surface area contributed by atoms with Crippen molar-refractivity contribution in [2.45, 2.75) is 52.4 Å². The van der Waals surface area contributed by atoms with E-state index in [1.807, 2.05) is 0 Å². The summed E-state index contributed by atoms with van der Waals surface area (Å²) in [6.07, 6.45) is 12.4. The summed E-state index contributed by atoms with van der Waals surface area (Å²) < 4.78 is 0. The van der Waals surface area contributed by atoms with Crippen LogP contribution in [0.4, 0.5) is 0 Å². The fourth-order valence-electron chi connectivity index (χ4n) is 0.940. The Balaban J connectivity index is 0. The van der Waals surface area contributed by atoms with Gasteiger partial charge in [0.25, 0.3) is 0 Å². The lowest BCUT2D eigenvalue weighted by Crippen LogP contribution is -1.98. The van der Waals surface area contributed by atoms with Gasteiger partial charge in [0.2, 0.25) is 0 Å². The first kappa shape index (κ1) is 16.6. The van der Waals surface area contributed by atoms with E-state index in [4.69, 9.17) is 16.2 Å².